The summed E-state index contributed by atoms with van der Waals surface area (Å²) < 4.78 is 1.85. The molecule has 0 unspecified atom stereocenters. The first kappa shape index (κ1) is 16.3. The molecular formula is C18H17N3O2S. The monoisotopic (exact) mass is 339 g/mol. The van der Waals surface area contributed by atoms with Gasteiger partial charge in [-0.2, -0.15) is 5.26 Å². The van der Waals surface area contributed by atoms with E-state index in [1.54, 1.807) is 6.08 Å². The van der Waals surface area contributed by atoms with Gasteiger partial charge >= 0.3 is 0 Å². The Hall–Kier alpha value is -2.52. The Morgan fingerprint density at radius 3 is 2.79 bits per heavy atom. The third-order valence-electron chi connectivity index (χ3n) is 4.20. The van der Waals surface area contributed by atoms with Crippen LogP contribution in [0.3, 0.4) is 0 Å². The summed E-state index contributed by atoms with van der Waals surface area (Å²) in [4.78, 5) is 26.4. The number of carbonyl (C=O) groups is 2. The van der Waals surface area contributed by atoms with Crippen LogP contribution in [0.2, 0.25) is 0 Å². The van der Waals surface area contributed by atoms with Gasteiger partial charge in [0.05, 0.1) is 11.0 Å². The third-order valence-corrected chi connectivity index (χ3v) is 5.09. The van der Waals surface area contributed by atoms with Gasteiger partial charge in [-0.15, -0.1) is 0 Å². The lowest BCUT2D eigenvalue weighted by atomic mass is 10.1. The van der Waals surface area contributed by atoms with Crippen molar-refractivity contribution in [1.82, 2.24) is 9.47 Å². The van der Waals surface area contributed by atoms with Crippen LogP contribution in [0, 0.1) is 11.3 Å². The van der Waals surface area contributed by atoms with Crippen LogP contribution in [-0.2, 0) is 11.3 Å². The fourth-order valence-corrected chi connectivity index (χ4v) is 3.70. The lowest BCUT2D eigenvalue weighted by molar-refractivity contribution is -0.124. The highest BCUT2D eigenvalue weighted by molar-refractivity contribution is 8.18. The van der Waals surface area contributed by atoms with E-state index in [0.717, 1.165) is 34.6 Å². The fraction of sp³-hybridized carbons (Fsp3) is 0.278. The molecule has 1 fully saturated rings. The molecule has 1 atom stereocenters. The molecule has 122 valence electrons. The maximum Gasteiger partial charge on any atom is 0.293 e. The number of nitriles is 1. The molecule has 2 amide bonds. The van der Waals surface area contributed by atoms with E-state index in [-0.39, 0.29) is 23.7 Å². The summed E-state index contributed by atoms with van der Waals surface area (Å²) in [7, 11) is 0. The Bertz CT molecular complexity index is 891. The second-order valence-electron chi connectivity index (χ2n) is 5.70. The largest absolute Gasteiger partial charge is 0.333 e. The molecule has 5 nitrogen and oxygen atoms in total. The molecule has 3 rings (SSSR count). The zero-order valence-electron chi connectivity index (χ0n) is 13.5. The number of benzene rings is 1. The Labute approximate surface area is 144 Å². The number of fused-ring (bicyclic) bond motifs is 1. The van der Waals surface area contributed by atoms with Gasteiger partial charge < -0.3 is 4.57 Å². The van der Waals surface area contributed by atoms with Crippen LogP contribution in [0.4, 0.5) is 4.79 Å². The highest BCUT2D eigenvalue weighted by Gasteiger charge is 2.37. The second kappa shape index (κ2) is 6.54. The number of amides is 2. The molecule has 0 N–H and O–H groups in total. The fourth-order valence-electron chi connectivity index (χ4n) is 2.78. The van der Waals surface area contributed by atoms with E-state index in [1.165, 1.54) is 4.90 Å². The maximum atomic E-state index is 12.5. The van der Waals surface area contributed by atoms with Gasteiger partial charge in [-0.3, -0.25) is 14.5 Å². The van der Waals surface area contributed by atoms with Crippen LogP contribution in [-0.4, -0.2) is 26.7 Å². The minimum absolute atomic E-state index is 0.108. The molecule has 0 spiro atoms. The lowest BCUT2D eigenvalue weighted by Gasteiger charge is -2.19. The zero-order chi connectivity index (χ0) is 17.3. The van der Waals surface area contributed by atoms with E-state index in [1.807, 2.05) is 48.9 Å². The molecule has 0 saturated carbocycles. The smallest absolute Gasteiger partial charge is 0.293 e. The van der Waals surface area contributed by atoms with Crippen molar-refractivity contribution in [3.63, 3.8) is 0 Å². The van der Waals surface area contributed by atoms with Gasteiger partial charge in [0.1, 0.15) is 6.54 Å². The van der Waals surface area contributed by atoms with Gasteiger partial charge in [0, 0.05) is 28.7 Å². The first-order chi connectivity index (χ1) is 11.6. The normalized spacial score (nSPS) is 17.7. The van der Waals surface area contributed by atoms with Crippen LogP contribution in [0.25, 0.3) is 17.0 Å². The molecule has 1 aromatic heterocycles. The maximum absolute atomic E-state index is 12.5. The van der Waals surface area contributed by atoms with E-state index < -0.39 is 0 Å². The topological polar surface area (TPSA) is 66.1 Å². The summed E-state index contributed by atoms with van der Waals surface area (Å²) >= 11 is 0.976. The van der Waals surface area contributed by atoms with Crippen molar-refractivity contribution >= 4 is 39.9 Å². The van der Waals surface area contributed by atoms with E-state index in [4.69, 9.17) is 5.26 Å². The van der Waals surface area contributed by atoms with Gasteiger partial charge in [-0.25, -0.2) is 0 Å². The van der Waals surface area contributed by atoms with Crippen molar-refractivity contribution < 1.29 is 9.59 Å². The number of imide groups is 1. The molecule has 1 aliphatic rings. The zero-order valence-corrected chi connectivity index (χ0v) is 14.3. The number of carbonyl (C=O) groups excluding carboxylic acids is 2. The summed E-state index contributed by atoms with van der Waals surface area (Å²) in [6.45, 7) is 4.06. The van der Waals surface area contributed by atoms with Crippen molar-refractivity contribution in [2.75, 3.05) is 0 Å². The molecular weight excluding hydrogens is 322 g/mol. The quantitative estimate of drug-likeness (QED) is 0.790. The molecule has 24 heavy (non-hydrogen) atoms. The number of hydrogen-bond donors (Lipinski definition) is 0. The Morgan fingerprint density at radius 2 is 2.08 bits per heavy atom. The highest BCUT2D eigenvalue weighted by Crippen LogP contribution is 2.35. The van der Waals surface area contributed by atoms with Crippen LogP contribution in [0.15, 0.2) is 35.4 Å². The number of nitrogens with zero attached hydrogens (tertiary/aromatic N) is 3. The van der Waals surface area contributed by atoms with Gasteiger partial charge in [0.15, 0.2) is 0 Å². The van der Waals surface area contributed by atoms with Crippen LogP contribution >= 0.6 is 11.8 Å². The molecule has 2 aromatic rings. The summed E-state index contributed by atoms with van der Waals surface area (Å²) in [5.74, 6) is -0.239. The molecule has 1 aliphatic heterocycles. The highest BCUT2D eigenvalue weighted by atomic mass is 32.2. The van der Waals surface area contributed by atoms with Crippen molar-refractivity contribution in [2.24, 2.45) is 0 Å². The molecule has 2 heterocycles. The summed E-state index contributed by atoms with van der Waals surface area (Å²) in [5, 5.41) is 9.72. The summed E-state index contributed by atoms with van der Waals surface area (Å²) in [6.07, 6.45) is 4.33. The van der Waals surface area contributed by atoms with E-state index in [0.29, 0.717) is 4.91 Å². The van der Waals surface area contributed by atoms with E-state index >= 15 is 0 Å². The first-order valence-corrected chi connectivity index (χ1v) is 8.60. The minimum atomic E-state index is -0.239. The molecule has 1 saturated heterocycles. The molecule has 0 bridgehead atoms. The number of rotatable bonds is 4. The predicted molar refractivity (Wildman–Crippen MR) is 95.1 cm³/mol. The predicted octanol–water partition coefficient (Wildman–Crippen LogP) is 4.00. The van der Waals surface area contributed by atoms with E-state index in [2.05, 4.69) is 6.07 Å². The van der Waals surface area contributed by atoms with Crippen molar-refractivity contribution in [3.05, 3.63) is 40.9 Å². The van der Waals surface area contributed by atoms with Crippen molar-refractivity contribution in [3.8, 4) is 6.07 Å². The number of thioether (sulfide) groups is 1. The van der Waals surface area contributed by atoms with Crippen LogP contribution in [0.5, 0.6) is 0 Å². The van der Waals surface area contributed by atoms with Gasteiger partial charge in [-0.1, -0.05) is 25.1 Å². The van der Waals surface area contributed by atoms with E-state index in [9.17, 15) is 9.59 Å². The molecule has 1 aromatic carbocycles. The minimum Gasteiger partial charge on any atom is -0.333 e. The third kappa shape index (κ3) is 2.72. The molecule has 6 heteroatoms. The average Bonchev–Trinajstić information content (AvgIpc) is 3.06. The summed E-state index contributed by atoms with van der Waals surface area (Å²) in [5.41, 5.74) is 1.78. The van der Waals surface area contributed by atoms with Gasteiger partial charge in [0.25, 0.3) is 11.1 Å². The standard InChI is InChI=1S/C18H17N3O2S/c1-3-12(2)21-17(22)16(24-18(21)23)10-13-11-20(9-8-19)15-7-5-4-6-14(13)15/h4-7,10-12H,3,9H2,1-2H3/b16-10+/t12-/m0/s1. The Balaban J connectivity index is 2.04. The van der Waals surface area contributed by atoms with Crippen LogP contribution < -0.4 is 0 Å². The van der Waals surface area contributed by atoms with Crippen LogP contribution in [0.1, 0.15) is 25.8 Å². The average molecular weight is 339 g/mol. The van der Waals surface area contributed by atoms with Crippen molar-refractivity contribution in [2.45, 2.75) is 32.9 Å². The lowest BCUT2D eigenvalue weighted by Crippen LogP contribution is -2.36. The molecule has 0 radical (unpaired) electrons. The number of aromatic nitrogens is 1. The van der Waals surface area contributed by atoms with Gasteiger partial charge in [-0.05, 0) is 37.2 Å². The Kier molecular flexibility index (Phi) is 4.45. The number of hydrogen-bond acceptors (Lipinski definition) is 4. The molecule has 0 aliphatic carbocycles. The van der Waals surface area contributed by atoms with Crippen molar-refractivity contribution in [1.29, 1.82) is 5.26 Å². The van der Waals surface area contributed by atoms with Gasteiger partial charge in [0.2, 0.25) is 0 Å². The second-order valence-corrected chi connectivity index (χ2v) is 6.69. The summed E-state index contributed by atoms with van der Waals surface area (Å²) in [6, 6.07) is 9.75. The number of para-hydroxylation sites is 1. The first-order valence-electron chi connectivity index (χ1n) is 7.78. The Morgan fingerprint density at radius 1 is 1.33 bits per heavy atom. The SMILES string of the molecule is CC[C@H](C)N1C(=O)S/C(=C/c2cn(CC#N)c3ccccc23)C1=O.